The summed E-state index contributed by atoms with van der Waals surface area (Å²) in [5, 5.41) is 4.24. The van der Waals surface area contributed by atoms with Gasteiger partial charge in [0.25, 0.3) is 5.91 Å². The van der Waals surface area contributed by atoms with E-state index in [-0.39, 0.29) is 11.8 Å². The lowest BCUT2D eigenvalue weighted by Gasteiger charge is -2.39. The number of amides is 2. The summed E-state index contributed by atoms with van der Waals surface area (Å²) in [6.45, 7) is 8.10. The molecular formula is C29H32N4O2. The Morgan fingerprint density at radius 1 is 1.00 bits per heavy atom. The lowest BCUT2D eigenvalue weighted by atomic mass is 9.92. The van der Waals surface area contributed by atoms with E-state index in [1.54, 1.807) is 29.3 Å². The Kier molecular flexibility index (Phi) is 7.01. The Morgan fingerprint density at radius 3 is 2.40 bits per heavy atom. The fourth-order valence-corrected chi connectivity index (χ4v) is 4.50. The molecule has 4 aromatic rings. The van der Waals surface area contributed by atoms with Gasteiger partial charge in [0.1, 0.15) is 11.2 Å². The molecule has 0 unspecified atom stereocenters. The normalized spacial score (nSPS) is 12.8. The zero-order valence-electron chi connectivity index (χ0n) is 20.8. The van der Waals surface area contributed by atoms with Crippen molar-refractivity contribution in [1.82, 2.24) is 14.9 Å². The molecule has 2 heterocycles. The minimum absolute atomic E-state index is 0.208. The van der Waals surface area contributed by atoms with E-state index in [0.29, 0.717) is 25.1 Å². The summed E-state index contributed by atoms with van der Waals surface area (Å²) in [5.74, 6) is -0.466. The number of hydrogen-bond donors (Lipinski definition) is 2. The van der Waals surface area contributed by atoms with Crippen molar-refractivity contribution in [2.45, 2.75) is 46.1 Å². The molecule has 6 heteroatoms. The third-order valence-corrected chi connectivity index (χ3v) is 6.90. The van der Waals surface area contributed by atoms with Gasteiger partial charge in [-0.1, -0.05) is 49.4 Å². The number of anilines is 1. The molecule has 2 N–H and O–H groups in total. The van der Waals surface area contributed by atoms with Gasteiger partial charge in [0.2, 0.25) is 5.91 Å². The third-order valence-electron chi connectivity index (χ3n) is 6.90. The molecule has 0 saturated heterocycles. The van der Waals surface area contributed by atoms with E-state index >= 15 is 0 Å². The average molecular weight is 469 g/mol. The van der Waals surface area contributed by atoms with E-state index in [1.807, 2.05) is 70.3 Å². The second kappa shape index (κ2) is 10.1. The first kappa shape index (κ1) is 24.2. The first-order valence-electron chi connectivity index (χ1n) is 12.0. The molecule has 0 saturated carbocycles. The number of rotatable bonds is 8. The first-order chi connectivity index (χ1) is 16.8. The number of aryl methyl sites for hydroxylation is 2. The zero-order valence-corrected chi connectivity index (χ0v) is 20.8. The highest BCUT2D eigenvalue weighted by Crippen LogP contribution is 2.28. The van der Waals surface area contributed by atoms with Crippen molar-refractivity contribution >= 4 is 28.4 Å². The van der Waals surface area contributed by atoms with Crippen LogP contribution in [-0.4, -0.2) is 38.8 Å². The second-order valence-electron chi connectivity index (χ2n) is 9.13. The largest absolute Gasteiger partial charge is 0.361 e. The molecule has 2 amide bonds. The summed E-state index contributed by atoms with van der Waals surface area (Å²) >= 11 is 0. The van der Waals surface area contributed by atoms with Gasteiger partial charge in [0, 0.05) is 35.5 Å². The van der Waals surface area contributed by atoms with Crippen molar-refractivity contribution < 1.29 is 9.59 Å². The molecule has 2 aromatic heterocycles. The van der Waals surface area contributed by atoms with Crippen LogP contribution in [0.5, 0.6) is 0 Å². The maximum atomic E-state index is 13.8. The maximum Gasteiger partial charge on any atom is 0.273 e. The van der Waals surface area contributed by atoms with Crippen LogP contribution in [0.3, 0.4) is 0 Å². The minimum atomic E-state index is -1.07. The minimum Gasteiger partial charge on any atom is -0.361 e. The molecule has 0 spiro atoms. The number of pyridine rings is 1. The van der Waals surface area contributed by atoms with E-state index in [9.17, 15) is 9.59 Å². The Morgan fingerprint density at radius 2 is 1.71 bits per heavy atom. The molecule has 2 aromatic carbocycles. The fraction of sp³-hybridized carbons (Fsp3) is 0.276. The van der Waals surface area contributed by atoms with Gasteiger partial charge < -0.3 is 15.2 Å². The van der Waals surface area contributed by atoms with E-state index in [4.69, 9.17) is 0 Å². The van der Waals surface area contributed by atoms with Crippen LogP contribution in [0.1, 0.15) is 47.4 Å². The molecule has 0 fully saturated rings. The first-order valence-corrected chi connectivity index (χ1v) is 12.0. The molecule has 0 aliphatic heterocycles. The number of benzene rings is 2. The highest BCUT2D eigenvalue weighted by Gasteiger charge is 2.41. The molecular weight excluding hydrogens is 436 g/mol. The van der Waals surface area contributed by atoms with E-state index in [2.05, 4.69) is 21.4 Å². The number of carbonyl (C=O) groups is 2. The van der Waals surface area contributed by atoms with Crippen molar-refractivity contribution in [1.29, 1.82) is 0 Å². The van der Waals surface area contributed by atoms with Crippen LogP contribution in [0.15, 0.2) is 73.1 Å². The van der Waals surface area contributed by atoms with Crippen molar-refractivity contribution in [3.8, 4) is 0 Å². The predicted octanol–water partition coefficient (Wildman–Crippen LogP) is 5.67. The second-order valence-corrected chi connectivity index (χ2v) is 9.13. The lowest BCUT2D eigenvalue weighted by Crippen LogP contribution is -2.57. The van der Waals surface area contributed by atoms with Crippen LogP contribution < -0.4 is 5.32 Å². The summed E-state index contributed by atoms with van der Waals surface area (Å²) in [4.78, 5) is 36.8. The number of aromatic nitrogens is 2. The fourth-order valence-electron chi connectivity index (χ4n) is 4.50. The Balaban J connectivity index is 1.68. The maximum absolute atomic E-state index is 13.8. The molecule has 4 rings (SSSR count). The summed E-state index contributed by atoms with van der Waals surface area (Å²) in [6.07, 6.45) is 4.64. The monoisotopic (exact) mass is 468 g/mol. The van der Waals surface area contributed by atoms with Crippen molar-refractivity contribution in [2.75, 3.05) is 11.9 Å². The summed E-state index contributed by atoms with van der Waals surface area (Å²) < 4.78 is 0. The summed E-state index contributed by atoms with van der Waals surface area (Å²) in [7, 11) is 0. The molecule has 0 aliphatic rings. The van der Waals surface area contributed by atoms with Crippen LogP contribution >= 0.6 is 0 Å². The molecule has 6 nitrogen and oxygen atoms in total. The van der Waals surface area contributed by atoms with Crippen molar-refractivity contribution in [2.24, 2.45) is 0 Å². The van der Waals surface area contributed by atoms with Gasteiger partial charge in [-0.15, -0.1) is 0 Å². The van der Waals surface area contributed by atoms with Crippen LogP contribution in [0.25, 0.3) is 10.9 Å². The van der Waals surface area contributed by atoms with Crippen LogP contribution in [0.2, 0.25) is 0 Å². The smallest absolute Gasteiger partial charge is 0.273 e. The van der Waals surface area contributed by atoms with Crippen LogP contribution in [0, 0.1) is 13.8 Å². The highest BCUT2D eigenvalue weighted by molar-refractivity contribution is 6.03. The van der Waals surface area contributed by atoms with E-state index in [0.717, 1.165) is 33.3 Å². The number of H-pyrrole nitrogens is 1. The van der Waals surface area contributed by atoms with Crippen molar-refractivity contribution in [3.05, 3.63) is 95.4 Å². The lowest BCUT2D eigenvalue weighted by molar-refractivity contribution is -0.126. The van der Waals surface area contributed by atoms with Crippen molar-refractivity contribution in [3.63, 3.8) is 0 Å². The number of hydrogen-bond acceptors (Lipinski definition) is 3. The topological polar surface area (TPSA) is 78.1 Å². The number of fused-ring (bicyclic) bond motifs is 1. The summed E-state index contributed by atoms with van der Waals surface area (Å²) in [5.41, 5.74) is 4.17. The van der Waals surface area contributed by atoms with Crippen LogP contribution in [0.4, 0.5) is 5.69 Å². The van der Waals surface area contributed by atoms with Gasteiger partial charge in [-0.05, 0) is 68.5 Å². The van der Waals surface area contributed by atoms with E-state index < -0.39 is 5.54 Å². The zero-order chi connectivity index (χ0) is 25.0. The molecule has 35 heavy (non-hydrogen) atoms. The molecule has 0 bridgehead atoms. The van der Waals surface area contributed by atoms with Gasteiger partial charge in [-0.3, -0.25) is 14.6 Å². The molecule has 1 atom stereocenters. The Bertz CT molecular complexity index is 1330. The Labute approximate surface area is 206 Å². The highest BCUT2D eigenvalue weighted by atomic mass is 16.2. The number of aromatic amines is 1. The molecule has 0 aliphatic carbocycles. The number of para-hydroxylation sites is 2. The van der Waals surface area contributed by atoms with Gasteiger partial charge in [-0.25, -0.2) is 0 Å². The number of nitrogens with zero attached hydrogens (tertiary/aromatic N) is 2. The molecule has 180 valence electrons. The van der Waals surface area contributed by atoms with Gasteiger partial charge in [-0.2, -0.15) is 0 Å². The third kappa shape index (κ3) is 4.83. The predicted molar refractivity (Wildman–Crippen MR) is 141 cm³/mol. The molecule has 0 radical (unpaired) electrons. The SMILES string of the molecule is CC[C@@](C)(C(=O)Nc1c(C)cccc1C)N(CCc1c[nH]c2ccccc12)C(=O)c1ccccn1. The van der Waals surface area contributed by atoms with Gasteiger partial charge in [0.05, 0.1) is 0 Å². The number of carbonyl (C=O) groups excluding carboxylic acids is 2. The average Bonchev–Trinajstić information content (AvgIpc) is 3.29. The number of nitrogens with one attached hydrogen (secondary N) is 2. The Hall–Kier alpha value is -3.93. The van der Waals surface area contributed by atoms with Crippen LogP contribution in [-0.2, 0) is 11.2 Å². The van der Waals surface area contributed by atoms with Gasteiger partial charge >= 0.3 is 0 Å². The standard InChI is InChI=1S/C29H32N4O2/c1-5-29(4,28(35)32-26-20(2)11-10-12-21(26)3)33(27(34)25-15-8-9-17-30-25)18-16-22-19-31-24-14-7-6-13-23(22)24/h6-15,17,19,31H,5,16,18H2,1-4H3,(H,32,35)/t29-/m0/s1. The van der Waals surface area contributed by atoms with E-state index in [1.165, 1.54) is 0 Å². The van der Waals surface area contributed by atoms with Gasteiger partial charge in [0.15, 0.2) is 0 Å². The quantitative estimate of drug-likeness (QED) is 0.350. The summed E-state index contributed by atoms with van der Waals surface area (Å²) in [6, 6.07) is 19.3.